The van der Waals surface area contributed by atoms with Gasteiger partial charge >= 0.3 is 6.03 Å². The van der Waals surface area contributed by atoms with E-state index in [9.17, 15) is 9.18 Å². The van der Waals surface area contributed by atoms with Crippen LogP contribution >= 0.6 is 0 Å². The van der Waals surface area contributed by atoms with Gasteiger partial charge in [0.25, 0.3) is 0 Å². The Balaban J connectivity index is 1.36. The highest BCUT2D eigenvalue weighted by molar-refractivity contribution is 5.75. The molecule has 1 N–H and O–H groups in total. The summed E-state index contributed by atoms with van der Waals surface area (Å²) in [5, 5.41) is 3.00. The van der Waals surface area contributed by atoms with Gasteiger partial charge in [-0.1, -0.05) is 42.5 Å². The minimum Gasteiger partial charge on any atom is -0.439 e. The lowest BCUT2D eigenvalue weighted by molar-refractivity contribution is 0.108. The van der Waals surface area contributed by atoms with E-state index in [2.05, 4.69) is 34.4 Å². The third-order valence-electron chi connectivity index (χ3n) is 5.29. The number of hydrogen-bond donors (Lipinski definition) is 1. The summed E-state index contributed by atoms with van der Waals surface area (Å²) in [7, 11) is 2.07. The summed E-state index contributed by atoms with van der Waals surface area (Å²) in [6.45, 7) is 2.66. The number of ether oxygens (including phenoxy) is 1. The highest BCUT2D eigenvalue weighted by atomic mass is 19.1. The maximum absolute atomic E-state index is 13.3. The Morgan fingerprint density at radius 2 is 1.97 bits per heavy atom. The molecule has 4 rings (SSSR count). The number of benzene rings is 2. The number of urea groups is 1. The van der Waals surface area contributed by atoms with Crippen molar-refractivity contribution < 1.29 is 13.9 Å². The van der Waals surface area contributed by atoms with Crippen LogP contribution in [-0.4, -0.2) is 47.5 Å². The number of carbonyl (C=O) groups excluding carboxylic acids is 1. The Morgan fingerprint density at radius 3 is 2.71 bits per heavy atom. The predicted octanol–water partition coefficient (Wildman–Crippen LogP) is 4.21. The van der Waals surface area contributed by atoms with Crippen molar-refractivity contribution >= 4 is 6.03 Å². The number of piperazine rings is 1. The molecule has 31 heavy (non-hydrogen) atoms. The minimum atomic E-state index is -0.366. The van der Waals surface area contributed by atoms with E-state index < -0.39 is 0 Å². The van der Waals surface area contributed by atoms with Crippen molar-refractivity contribution in [2.24, 2.45) is 0 Å². The minimum absolute atomic E-state index is 0.0140. The molecule has 0 radical (unpaired) electrons. The van der Waals surface area contributed by atoms with Gasteiger partial charge < -0.3 is 19.9 Å². The van der Waals surface area contributed by atoms with E-state index in [1.165, 1.54) is 12.1 Å². The molecule has 0 spiro atoms. The average Bonchev–Trinajstić information content (AvgIpc) is 2.79. The van der Waals surface area contributed by atoms with E-state index in [-0.39, 0.29) is 17.9 Å². The van der Waals surface area contributed by atoms with Crippen molar-refractivity contribution in [3.05, 3.63) is 89.9 Å². The average molecular weight is 420 g/mol. The molecule has 1 aliphatic rings. The Bertz CT molecular complexity index is 1010. The van der Waals surface area contributed by atoms with Gasteiger partial charge in [-0.2, -0.15) is 0 Å². The molecular weight excluding hydrogens is 395 g/mol. The highest BCUT2D eigenvalue weighted by Crippen LogP contribution is 2.25. The van der Waals surface area contributed by atoms with Gasteiger partial charge in [-0.3, -0.25) is 0 Å². The number of aromatic nitrogens is 1. The number of pyridine rings is 1. The monoisotopic (exact) mass is 420 g/mol. The van der Waals surface area contributed by atoms with Crippen molar-refractivity contribution in [2.45, 2.75) is 12.6 Å². The van der Waals surface area contributed by atoms with Crippen molar-refractivity contribution in [3.8, 4) is 11.6 Å². The summed E-state index contributed by atoms with van der Waals surface area (Å²) >= 11 is 0. The summed E-state index contributed by atoms with van der Waals surface area (Å²) in [5.74, 6) is 0.383. The molecule has 1 unspecified atom stereocenters. The highest BCUT2D eigenvalue weighted by Gasteiger charge is 2.30. The molecule has 0 aliphatic carbocycles. The molecule has 0 bridgehead atoms. The molecule has 1 fully saturated rings. The first-order valence-corrected chi connectivity index (χ1v) is 10.2. The summed E-state index contributed by atoms with van der Waals surface area (Å²) in [5.41, 5.74) is 1.98. The fraction of sp³-hybridized carbons (Fsp3) is 0.250. The van der Waals surface area contributed by atoms with Crippen LogP contribution in [0.15, 0.2) is 72.9 Å². The normalized spacial score (nSPS) is 16.7. The maximum atomic E-state index is 13.3. The van der Waals surface area contributed by atoms with E-state index in [1.807, 2.05) is 29.2 Å². The Hall–Kier alpha value is -3.45. The maximum Gasteiger partial charge on any atom is 0.318 e. The van der Waals surface area contributed by atoms with E-state index >= 15 is 0 Å². The topological polar surface area (TPSA) is 57.7 Å². The lowest BCUT2D eigenvalue weighted by atomic mass is 10.0. The number of likely N-dealkylation sites (N-methyl/N-ethyl adjacent to an activating group) is 1. The van der Waals surface area contributed by atoms with Crippen LogP contribution in [0.5, 0.6) is 11.6 Å². The second kappa shape index (κ2) is 9.57. The molecule has 6 nitrogen and oxygen atoms in total. The van der Waals surface area contributed by atoms with Gasteiger partial charge in [0.1, 0.15) is 11.6 Å². The second-order valence-electron chi connectivity index (χ2n) is 7.60. The standard InChI is InChI=1S/C24H25FN4O2/c1-28-12-13-29(22(17-28)19-6-3-2-4-7-19)24(30)27-16-18-10-11-23(26-15-18)31-21-9-5-8-20(25)14-21/h2-11,14-15,22H,12-13,16-17H2,1H3,(H,27,30). The second-order valence-corrected chi connectivity index (χ2v) is 7.60. The van der Waals surface area contributed by atoms with Gasteiger partial charge in [-0.25, -0.2) is 14.2 Å². The van der Waals surface area contributed by atoms with Crippen LogP contribution in [0.2, 0.25) is 0 Å². The molecule has 7 heteroatoms. The molecule has 1 aromatic heterocycles. The van der Waals surface area contributed by atoms with E-state index in [0.29, 0.717) is 24.7 Å². The summed E-state index contributed by atoms with van der Waals surface area (Å²) in [6, 6.07) is 19.5. The molecule has 1 atom stereocenters. The Kier molecular flexibility index (Phi) is 6.43. The van der Waals surface area contributed by atoms with Crippen LogP contribution in [-0.2, 0) is 6.54 Å². The van der Waals surface area contributed by atoms with E-state index in [0.717, 1.165) is 24.2 Å². The van der Waals surface area contributed by atoms with E-state index in [1.54, 1.807) is 24.4 Å². The first-order valence-electron chi connectivity index (χ1n) is 10.2. The Labute approximate surface area is 181 Å². The molecule has 3 aromatic rings. The largest absolute Gasteiger partial charge is 0.439 e. The van der Waals surface area contributed by atoms with Crippen LogP contribution in [0, 0.1) is 5.82 Å². The number of nitrogens with one attached hydrogen (secondary N) is 1. The van der Waals surface area contributed by atoms with Crippen molar-refractivity contribution in [3.63, 3.8) is 0 Å². The molecule has 1 saturated heterocycles. The molecule has 2 heterocycles. The summed E-state index contributed by atoms with van der Waals surface area (Å²) < 4.78 is 18.8. The zero-order valence-corrected chi connectivity index (χ0v) is 17.4. The quantitative estimate of drug-likeness (QED) is 0.672. The first-order chi connectivity index (χ1) is 15.1. The van der Waals surface area contributed by atoms with Crippen LogP contribution in [0.25, 0.3) is 0 Å². The van der Waals surface area contributed by atoms with Crippen molar-refractivity contribution in [1.82, 2.24) is 20.1 Å². The van der Waals surface area contributed by atoms with Gasteiger partial charge in [0.05, 0.1) is 6.04 Å². The number of carbonyl (C=O) groups is 1. The third-order valence-corrected chi connectivity index (χ3v) is 5.29. The van der Waals surface area contributed by atoms with Gasteiger partial charge in [-0.15, -0.1) is 0 Å². The third kappa shape index (κ3) is 5.38. The van der Waals surface area contributed by atoms with Crippen LogP contribution < -0.4 is 10.1 Å². The fourth-order valence-corrected chi connectivity index (χ4v) is 3.63. The number of hydrogen-bond acceptors (Lipinski definition) is 4. The van der Waals surface area contributed by atoms with Gasteiger partial charge in [0, 0.05) is 44.5 Å². The number of halogens is 1. The fourth-order valence-electron chi connectivity index (χ4n) is 3.63. The van der Waals surface area contributed by atoms with Crippen molar-refractivity contribution in [1.29, 1.82) is 0 Å². The summed E-state index contributed by atoms with van der Waals surface area (Å²) in [4.78, 5) is 21.3. The lowest BCUT2D eigenvalue weighted by Gasteiger charge is -2.40. The number of rotatable bonds is 5. The lowest BCUT2D eigenvalue weighted by Crippen LogP contribution is -2.52. The van der Waals surface area contributed by atoms with Crippen LogP contribution in [0.4, 0.5) is 9.18 Å². The first kappa shape index (κ1) is 20.8. The molecule has 1 aliphatic heterocycles. The summed E-state index contributed by atoms with van der Waals surface area (Å²) in [6.07, 6.45) is 1.65. The number of nitrogens with zero attached hydrogens (tertiary/aromatic N) is 3. The predicted molar refractivity (Wildman–Crippen MR) is 116 cm³/mol. The van der Waals surface area contributed by atoms with Crippen LogP contribution in [0.3, 0.4) is 0 Å². The molecule has 160 valence electrons. The molecule has 2 amide bonds. The molecular formula is C24H25FN4O2. The van der Waals surface area contributed by atoms with Gasteiger partial charge in [0.2, 0.25) is 5.88 Å². The zero-order valence-electron chi connectivity index (χ0n) is 17.4. The van der Waals surface area contributed by atoms with Crippen molar-refractivity contribution in [2.75, 3.05) is 26.7 Å². The van der Waals surface area contributed by atoms with Gasteiger partial charge in [0.15, 0.2) is 0 Å². The zero-order chi connectivity index (χ0) is 21.6. The smallest absolute Gasteiger partial charge is 0.318 e. The van der Waals surface area contributed by atoms with E-state index in [4.69, 9.17) is 4.74 Å². The van der Waals surface area contributed by atoms with Gasteiger partial charge in [-0.05, 0) is 30.3 Å². The Morgan fingerprint density at radius 1 is 1.13 bits per heavy atom. The number of amides is 2. The van der Waals surface area contributed by atoms with Crippen LogP contribution in [0.1, 0.15) is 17.2 Å². The molecule has 2 aromatic carbocycles. The molecule has 0 saturated carbocycles. The SMILES string of the molecule is CN1CCN(C(=O)NCc2ccc(Oc3cccc(F)c3)nc2)C(c2ccccc2)C1.